The van der Waals surface area contributed by atoms with Gasteiger partial charge in [-0.2, -0.15) is 5.10 Å². The molecule has 0 radical (unpaired) electrons. The number of thiophene rings is 1. The highest BCUT2D eigenvalue weighted by Gasteiger charge is 2.24. The minimum Gasteiger partial charge on any atom is -0.462 e. The minimum absolute atomic E-state index is 0.280. The first-order valence-corrected chi connectivity index (χ1v) is 8.32. The van der Waals surface area contributed by atoms with Crippen molar-refractivity contribution in [1.82, 2.24) is 9.78 Å². The van der Waals surface area contributed by atoms with Crippen molar-refractivity contribution >= 4 is 39.8 Å². The number of nitrogens with zero attached hydrogens (tertiary/aromatic N) is 2. The molecule has 0 aromatic carbocycles. The molecular formula is C15H18ClN3O3S. The van der Waals surface area contributed by atoms with E-state index in [1.807, 2.05) is 13.8 Å². The molecule has 1 atom stereocenters. The van der Waals surface area contributed by atoms with Crippen LogP contribution in [0.25, 0.3) is 0 Å². The van der Waals surface area contributed by atoms with Gasteiger partial charge in [-0.3, -0.25) is 9.48 Å². The topological polar surface area (TPSA) is 73.2 Å². The third kappa shape index (κ3) is 3.73. The Labute approximate surface area is 143 Å². The summed E-state index contributed by atoms with van der Waals surface area (Å²) in [5.41, 5.74) is 1.23. The Kier molecular flexibility index (Phi) is 5.43. The van der Waals surface area contributed by atoms with Gasteiger partial charge in [-0.25, -0.2) is 4.79 Å². The SMILES string of the molecule is CCOC(=O)c1c(NC(=O)C(C)n2cc(Cl)cn2)sc(C)c1C. The van der Waals surface area contributed by atoms with E-state index in [-0.39, 0.29) is 12.5 Å². The van der Waals surface area contributed by atoms with E-state index in [9.17, 15) is 9.59 Å². The molecule has 0 aliphatic rings. The lowest BCUT2D eigenvalue weighted by molar-refractivity contribution is -0.119. The van der Waals surface area contributed by atoms with E-state index in [0.29, 0.717) is 15.6 Å². The van der Waals surface area contributed by atoms with Crippen LogP contribution < -0.4 is 5.32 Å². The van der Waals surface area contributed by atoms with E-state index >= 15 is 0 Å². The summed E-state index contributed by atoms with van der Waals surface area (Å²) >= 11 is 7.17. The fourth-order valence-corrected chi connectivity index (χ4v) is 3.22. The number of carbonyl (C=O) groups is 2. The van der Waals surface area contributed by atoms with Gasteiger partial charge in [0.15, 0.2) is 0 Å². The lowest BCUT2D eigenvalue weighted by atomic mass is 10.1. The van der Waals surface area contributed by atoms with Gasteiger partial charge in [-0.15, -0.1) is 11.3 Å². The number of hydrogen-bond acceptors (Lipinski definition) is 5. The maximum Gasteiger partial charge on any atom is 0.341 e. The summed E-state index contributed by atoms with van der Waals surface area (Å²) in [5, 5.41) is 7.77. The first-order chi connectivity index (χ1) is 10.8. The maximum atomic E-state index is 12.4. The smallest absolute Gasteiger partial charge is 0.341 e. The van der Waals surface area contributed by atoms with Crippen molar-refractivity contribution < 1.29 is 14.3 Å². The van der Waals surface area contributed by atoms with E-state index in [1.54, 1.807) is 20.0 Å². The van der Waals surface area contributed by atoms with E-state index < -0.39 is 12.0 Å². The number of esters is 1. The van der Waals surface area contributed by atoms with Crippen molar-refractivity contribution in [2.75, 3.05) is 11.9 Å². The molecule has 6 nitrogen and oxygen atoms in total. The van der Waals surface area contributed by atoms with Crippen molar-refractivity contribution in [2.45, 2.75) is 33.7 Å². The van der Waals surface area contributed by atoms with Gasteiger partial charge >= 0.3 is 5.97 Å². The molecule has 1 N–H and O–H groups in total. The Hall–Kier alpha value is -1.86. The Morgan fingerprint density at radius 1 is 1.48 bits per heavy atom. The molecule has 2 heterocycles. The number of hydrogen-bond donors (Lipinski definition) is 1. The molecule has 0 spiro atoms. The van der Waals surface area contributed by atoms with E-state index in [0.717, 1.165) is 10.4 Å². The number of rotatable bonds is 5. The minimum atomic E-state index is -0.555. The third-order valence-electron chi connectivity index (χ3n) is 3.45. The molecule has 23 heavy (non-hydrogen) atoms. The standard InChI is InChI=1S/C15H18ClN3O3S/c1-5-22-15(21)12-8(2)10(4)23-14(12)18-13(20)9(3)19-7-11(16)6-17-19/h6-7,9H,5H2,1-4H3,(H,18,20). The van der Waals surface area contributed by atoms with Gasteiger partial charge in [0.25, 0.3) is 0 Å². The normalized spacial score (nSPS) is 12.0. The summed E-state index contributed by atoms with van der Waals surface area (Å²) in [6.45, 7) is 7.46. The van der Waals surface area contributed by atoms with E-state index in [1.165, 1.54) is 22.2 Å². The molecule has 1 amide bonds. The highest BCUT2D eigenvalue weighted by atomic mass is 35.5. The number of aromatic nitrogens is 2. The summed E-state index contributed by atoms with van der Waals surface area (Å²) in [6.07, 6.45) is 3.04. The van der Waals surface area contributed by atoms with Gasteiger partial charge in [0.2, 0.25) is 5.91 Å². The van der Waals surface area contributed by atoms with Crippen molar-refractivity contribution in [3.8, 4) is 0 Å². The molecule has 0 aliphatic carbocycles. The quantitative estimate of drug-likeness (QED) is 0.832. The average Bonchev–Trinajstić information content (AvgIpc) is 3.03. The first kappa shape index (κ1) is 17.5. The van der Waals surface area contributed by atoms with E-state index in [2.05, 4.69) is 10.4 Å². The van der Waals surface area contributed by atoms with Crippen LogP contribution in [0.3, 0.4) is 0 Å². The predicted molar refractivity (Wildman–Crippen MR) is 90.3 cm³/mol. The zero-order chi connectivity index (χ0) is 17.1. The van der Waals surface area contributed by atoms with Crippen LogP contribution in [0.4, 0.5) is 5.00 Å². The van der Waals surface area contributed by atoms with Gasteiger partial charge in [0.05, 0.1) is 23.4 Å². The fraction of sp³-hybridized carbons (Fsp3) is 0.400. The number of carbonyl (C=O) groups excluding carboxylic acids is 2. The second-order valence-electron chi connectivity index (χ2n) is 5.01. The van der Waals surface area contributed by atoms with Crippen LogP contribution in [0.15, 0.2) is 12.4 Å². The second-order valence-corrected chi connectivity index (χ2v) is 6.67. The maximum absolute atomic E-state index is 12.4. The summed E-state index contributed by atoms with van der Waals surface area (Å²) < 4.78 is 6.54. The number of amides is 1. The van der Waals surface area contributed by atoms with Gasteiger partial charge in [0, 0.05) is 11.1 Å². The molecule has 2 aromatic rings. The summed E-state index contributed by atoms with van der Waals surface area (Å²) in [5.74, 6) is -0.712. The van der Waals surface area contributed by atoms with Crippen LogP contribution in [0, 0.1) is 13.8 Å². The number of aryl methyl sites for hydroxylation is 1. The van der Waals surface area contributed by atoms with Gasteiger partial charge in [-0.05, 0) is 33.3 Å². The van der Waals surface area contributed by atoms with Crippen LogP contribution >= 0.6 is 22.9 Å². The molecule has 2 rings (SSSR count). The fourth-order valence-electron chi connectivity index (χ4n) is 2.03. The highest BCUT2D eigenvalue weighted by molar-refractivity contribution is 7.16. The van der Waals surface area contributed by atoms with Crippen molar-refractivity contribution in [3.63, 3.8) is 0 Å². The first-order valence-electron chi connectivity index (χ1n) is 7.12. The summed E-state index contributed by atoms with van der Waals surface area (Å²) in [4.78, 5) is 25.5. The van der Waals surface area contributed by atoms with Crippen LogP contribution in [0.1, 0.15) is 40.7 Å². The van der Waals surface area contributed by atoms with Crippen LogP contribution in [-0.2, 0) is 9.53 Å². The molecule has 1 unspecified atom stereocenters. The molecule has 124 valence electrons. The number of halogens is 1. The molecular weight excluding hydrogens is 338 g/mol. The predicted octanol–water partition coefficient (Wildman–Crippen LogP) is 3.59. The largest absolute Gasteiger partial charge is 0.462 e. The van der Waals surface area contributed by atoms with Crippen LogP contribution in [0.5, 0.6) is 0 Å². The number of anilines is 1. The zero-order valence-corrected chi connectivity index (χ0v) is 14.9. The lowest BCUT2D eigenvalue weighted by Crippen LogP contribution is -2.24. The van der Waals surface area contributed by atoms with Gasteiger partial charge < -0.3 is 10.1 Å². The molecule has 0 fully saturated rings. The Balaban J connectivity index is 2.24. The summed E-state index contributed by atoms with van der Waals surface area (Å²) in [6, 6.07) is -0.555. The van der Waals surface area contributed by atoms with Crippen LogP contribution in [-0.4, -0.2) is 28.3 Å². The molecule has 8 heteroatoms. The Bertz CT molecular complexity index is 738. The summed E-state index contributed by atoms with van der Waals surface area (Å²) in [7, 11) is 0. The molecule has 0 aliphatic heterocycles. The van der Waals surface area contributed by atoms with Gasteiger partial charge in [0.1, 0.15) is 11.0 Å². The van der Waals surface area contributed by atoms with Crippen molar-refractivity contribution in [1.29, 1.82) is 0 Å². The van der Waals surface area contributed by atoms with Crippen LogP contribution in [0.2, 0.25) is 5.02 Å². The highest BCUT2D eigenvalue weighted by Crippen LogP contribution is 2.33. The monoisotopic (exact) mass is 355 g/mol. The number of nitrogens with one attached hydrogen (secondary N) is 1. The average molecular weight is 356 g/mol. The molecule has 2 aromatic heterocycles. The third-order valence-corrected chi connectivity index (χ3v) is 4.77. The van der Waals surface area contributed by atoms with E-state index in [4.69, 9.17) is 16.3 Å². The Morgan fingerprint density at radius 3 is 2.74 bits per heavy atom. The van der Waals surface area contributed by atoms with Crippen molar-refractivity contribution in [3.05, 3.63) is 33.4 Å². The zero-order valence-electron chi connectivity index (χ0n) is 13.3. The second kappa shape index (κ2) is 7.14. The number of ether oxygens (including phenoxy) is 1. The Morgan fingerprint density at radius 2 is 2.17 bits per heavy atom. The lowest BCUT2D eigenvalue weighted by Gasteiger charge is -2.12. The molecule has 0 bridgehead atoms. The molecule has 0 saturated carbocycles. The van der Waals surface area contributed by atoms with Gasteiger partial charge in [-0.1, -0.05) is 11.6 Å². The van der Waals surface area contributed by atoms with Crippen molar-refractivity contribution in [2.24, 2.45) is 0 Å². The molecule has 0 saturated heterocycles.